The quantitative estimate of drug-likeness (QED) is 0.927. The molecule has 1 atom stereocenters. The van der Waals surface area contributed by atoms with Gasteiger partial charge in [-0.3, -0.25) is 9.59 Å². The van der Waals surface area contributed by atoms with E-state index in [2.05, 4.69) is 0 Å². The Balaban J connectivity index is 2.32. The lowest BCUT2D eigenvalue weighted by Gasteiger charge is -2.18. The van der Waals surface area contributed by atoms with Gasteiger partial charge in [-0.1, -0.05) is 0 Å². The maximum absolute atomic E-state index is 12.9. The van der Waals surface area contributed by atoms with Gasteiger partial charge < -0.3 is 10.5 Å². The second-order valence-corrected chi connectivity index (χ2v) is 4.59. The number of ketones is 1. The number of ether oxygens (including phenoxy) is 1. The van der Waals surface area contributed by atoms with Crippen molar-refractivity contribution < 1.29 is 27.5 Å². The number of nitrogens with two attached hydrogens (primary N) is 1. The van der Waals surface area contributed by atoms with Crippen molar-refractivity contribution >= 4 is 11.7 Å². The maximum Gasteiger partial charge on any atom is 0.419 e. The maximum atomic E-state index is 12.9. The summed E-state index contributed by atoms with van der Waals surface area (Å²) in [6.07, 6.45) is -4.40. The topological polar surface area (TPSA) is 69.4 Å². The minimum atomic E-state index is -4.66. The number of hydrogen-bond donors (Lipinski definition) is 1. The van der Waals surface area contributed by atoms with Crippen molar-refractivity contribution in [2.45, 2.75) is 31.5 Å². The zero-order valence-corrected chi connectivity index (χ0v) is 10.4. The van der Waals surface area contributed by atoms with Crippen LogP contribution in [0.25, 0.3) is 0 Å². The van der Waals surface area contributed by atoms with E-state index in [-0.39, 0.29) is 23.5 Å². The number of Topliss-reactive ketones (excluding diaryl/α,β-unsaturated/α-hetero) is 1. The molecule has 0 aromatic heterocycles. The molecule has 0 spiro atoms. The molecule has 0 radical (unpaired) electrons. The summed E-state index contributed by atoms with van der Waals surface area (Å²) in [5.74, 6) is -1.36. The summed E-state index contributed by atoms with van der Waals surface area (Å²) < 4.78 is 44.1. The van der Waals surface area contributed by atoms with Gasteiger partial charge in [0.1, 0.15) is 17.6 Å². The molecule has 1 amide bonds. The Bertz CT molecular complexity index is 554. The van der Waals surface area contributed by atoms with Crippen LogP contribution < -0.4 is 10.5 Å². The Kier molecular flexibility index (Phi) is 3.69. The number of carbonyl (C=O) groups excluding carboxylic acids is 2. The van der Waals surface area contributed by atoms with Gasteiger partial charge in [0.05, 0.1) is 5.56 Å². The first-order valence-corrected chi connectivity index (χ1v) is 5.97. The van der Waals surface area contributed by atoms with E-state index in [4.69, 9.17) is 10.5 Å². The molecule has 108 valence electrons. The van der Waals surface area contributed by atoms with E-state index < -0.39 is 23.8 Å². The number of hydrogen-bond acceptors (Lipinski definition) is 3. The van der Waals surface area contributed by atoms with Crippen LogP contribution in [0.4, 0.5) is 13.2 Å². The number of primary amides is 1. The molecule has 0 heterocycles. The highest BCUT2D eigenvalue weighted by molar-refractivity contribution is 5.93. The summed E-state index contributed by atoms with van der Waals surface area (Å²) >= 11 is 0. The molecule has 0 aliphatic heterocycles. The largest absolute Gasteiger partial charge is 0.489 e. The normalized spacial score (nSPS) is 19.1. The standard InChI is InChI=1S/C13H12F3NO3/c14-13(15,16)10-5-7(12(17)19)1-4-11(10)20-9-3-2-8(18)6-9/h1,4-5,9H,2-3,6H2,(H2,17,19). The summed E-state index contributed by atoms with van der Waals surface area (Å²) in [7, 11) is 0. The van der Waals surface area contributed by atoms with E-state index in [0.29, 0.717) is 18.9 Å². The number of benzene rings is 1. The molecule has 7 heteroatoms. The third-order valence-corrected chi connectivity index (χ3v) is 3.06. The van der Waals surface area contributed by atoms with Gasteiger partial charge in [-0.05, 0) is 24.6 Å². The molecule has 20 heavy (non-hydrogen) atoms. The summed E-state index contributed by atoms with van der Waals surface area (Å²) in [5.41, 5.74) is 3.66. The lowest BCUT2D eigenvalue weighted by atomic mass is 10.1. The van der Waals surface area contributed by atoms with Gasteiger partial charge in [-0.2, -0.15) is 13.2 Å². The summed E-state index contributed by atoms with van der Waals surface area (Å²) in [6, 6.07) is 2.89. The van der Waals surface area contributed by atoms with E-state index in [0.717, 1.165) is 6.07 Å². The second kappa shape index (κ2) is 5.15. The zero-order valence-electron chi connectivity index (χ0n) is 10.4. The number of alkyl halides is 3. The molecule has 2 rings (SSSR count). The van der Waals surface area contributed by atoms with Crippen LogP contribution in [0.2, 0.25) is 0 Å². The predicted molar refractivity (Wildman–Crippen MR) is 63.2 cm³/mol. The first-order valence-electron chi connectivity index (χ1n) is 5.97. The van der Waals surface area contributed by atoms with E-state index in [1.165, 1.54) is 6.07 Å². The summed E-state index contributed by atoms with van der Waals surface area (Å²) in [6.45, 7) is 0. The Hall–Kier alpha value is -2.05. The lowest BCUT2D eigenvalue weighted by Crippen LogP contribution is -2.18. The smallest absolute Gasteiger partial charge is 0.419 e. The first-order chi connectivity index (χ1) is 9.27. The molecular weight excluding hydrogens is 275 g/mol. The number of carbonyl (C=O) groups is 2. The molecule has 1 aromatic carbocycles. The third-order valence-electron chi connectivity index (χ3n) is 3.06. The predicted octanol–water partition coefficient (Wildman–Crippen LogP) is 2.30. The van der Waals surface area contributed by atoms with Gasteiger partial charge in [0, 0.05) is 18.4 Å². The van der Waals surface area contributed by atoms with Gasteiger partial charge in [0.25, 0.3) is 0 Å². The Labute approximate surface area is 112 Å². The molecule has 1 aromatic rings. The molecule has 1 aliphatic rings. The lowest BCUT2D eigenvalue weighted by molar-refractivity contribution is -0.139. The zero-order chi connectivity index (χ0) is 14.9. The monoisotopic (exact) mass is 287 g/mol. The van der Waals surface area contributed by atoms with Gasteiger partial charge in [-0.15, -0.1) is 0 Å². The number of amides is 1. The van der Waals surface area contributed by atoms with Crippen LogP contribution in [0.3, 0.4) is 0 Å². The molecular formula is C13H12F3NO3. The molecule has 1 aliphatic carbocycles. The van der Waals surface area contributed by atoms with E-state index in [1.807, 2.05) is 0 Å². The minimum Gasteiger partial charge on any atom is -0.489 e. The van der Waals surface area contributed by atoms with E-state index in [9.17, 15) is 22.8 Å². The fourth-order valence-corrected chi connectivity index (χ4v) is 2.07. The van der Waals surface area contributed by atoms with Gasteiger partial charge >= 0.3 is 6.18 Å². The van der Waals surface area contributed by atoms with Crippen LogP contribution >= 0.6 is 0 Å². The molecule has 1 unspecified atom stereocenters. The highest BCUT2D eigenvalue weighted by Crippen LogP contribution is 2.38. The van der Waals surface area contributed by atoms with Crippen molar-refractivity contribution in [3.63, 3.8) is 0 Å². The summed E-state index contributed by atoms with van der Waals surface area (Å²) in [4.78, 5) is 22.1. The van der Waals surface area contributed by atoms with Crippen LogP contribution in [0, 0.1) is 0 Å². The van der Waals surface area contributed by atoms with Crippen LogP contribution in [-0.2, 0) is 11.0 Å². The molecule has 1 saturated carbocycles. The number of halogens is 3. The molecule has 0 saturated heterocycles. The fourth-order valence-electron chi connectivity index (χ4n) is 2.07. The van der Waals surface area contributed by atoms with E-state index >= 15 is 0 Å². The van der Waals surface area contributed by atoms with Crippen LogP contribution in [0.15, 0.2) is 18.2 Å². The van der Waals surface area contributed by atoms with Gasteiger partial charge in [-0.25, -0.2) is 0 Å². The van der Waals surface area contributed by atoms with Gasteiger partial charge in [0.15, 0.2) is 0 Å². The second-order valence-electron chi connectivity index (χ2n) is 4.59. The first kappa shape index (κ1) is 14.4. The van der Waals surface area contributed by atoms with Crippen LogP contribution in [0.5, 0.6) is 5.75 Å². The Morgan fingerprint density at radius 1 is 1.35 bits per heavy atom. The average Bonchev–Trinajstić information content (AvgIpc) is 2.73. The molecule has 1 fully saturated rings. The Morgan fingerprint density at radius 2 is 2.05 bits per heavy atom. The van der Waals surface area contributed by atoms with Crippen molar-refractivity contribution in [2.24, 2.45) is 5.73 Å². The highest BCUT2D eigenvalue weighted by Gasteiger charge is 2.36. The third kappa shape index (κ3) is 3.09. The van der Waals surface area contributed by atoms with Crippen molar-refractivity contribution in [1.82, 2.24) is 0 Å². The SMILES string of the molecule is NC(=O)c1ccc(OC2CCC(=O)C2)c(C(F)(F)F)c1. The van der Waals surface area contributed by atoms with Gasteiger partial charge in [0.2, 0.25) is 5.91 Å². The van der Waals surface area contributed by atoms with E-state index in [1.54, 1.807) is 0 Å². The molecule has 0 bridgehead atoms. The van der Waals surface area contributed by atoms with Crippen LogP contribution in [0.1, 0.15) is 35.2 Å². The average molecular weight is 287 g/mol. The molecule has 2 N–H and O–H groups in total. The summed E-state index contributed by atoms with van der Waals surface area (Å²) in [5, 5.41) is 0. The van der Waals surface area contributed by atoms with Crippen molar-refractivity contribution in [1.29, 1.82) is 0 Å². The molecule has 4 nitrogen and oxygen atoms in total. The Morgan fingerprint density at radius 3 is 2.55 bits per heavy atom. The van der Waals surface area contributed by atoms with Crippen molar-refractivity contribution in [2.75, 3.05) is 0 Å². The highest BCUT2D eigenvalue weighted by atomic mass is 19.4. The fraction of sp³-hybridized carbons (Fsp3) is 0.385. The minimum absolute atomic E-state index is 0.0303. The number of rotatable bonds is 3. The van der Waals surface area contributed by atoms with Crippen molar-refractivity contribution in [3.05, 3.63) is 29.3 Å². The van der Waals surface area contributed by atoms with Crippen molar-refractivity contribution in [3.8, 4) is 5.75 Å². The van der Waals surface area contributed by atoms with Crippen LogP contribution in [-0.4, -0.2) is 17.8 Å².